The summed E-state index contributed by atoms with van der Waals surface area (Å²) in [5.74, 6) is 0.623. The van der Waals surface area contributed by atoms with Crippen molar-refractivity contribution in [1.82, 2.24) is 4.90 Å². The molecule has 0 aromatic carbocycles. The van der Waals surface area contributed by atoms with Gasteiger partial charge in [0.1, 0.15) is 6.29 Å². The van der Waals surface area contributed by atoms with Crippen molar-refractivity contribution >= 4 is 6.29 Å². The monoisotopic (exact) mass is 227 g/mol. The van der Waals surface area contributed by atoms with E-state index in [1.807, 2.05) is 6.92 Å². The molecule has 0 saturated heterocycles. The van der Waals surface area contributed by atoms with E-state index in [4.69, 9.17) is 0 Å². The van der Waals surface area contributed by atoms with Crippen LogP contribution in [0.5, 0.6) is 0 Å². The van der Waals surface area contributed by atoms with Crippen molar-refractivity contribution in [2.75, 3.05) is 20.1 Å². The highest BCUT2D eigenvalue weighted by atomic mass is 16.3. The fourth-order valence-electron chi connectivity index (χ4n) is 2.72. The number of aldehydes is 1. The van der Waals surface area contributed by atoms with Crippen LogP contribution in [0.1, 0.15) is 39.5 Å². The first-order valence-electron chi connectivity index (χ1n) is 6.32. The maximum Gasteiger partial charge on any atom is 0.127 e. The number of hydrogen-bond donors (Lipinski definition) is 1. The van der Waals surface area contributed by atoms with Crippen LogP contribution >= 0.6 is 0 Å². The van der Waals surface area contributed by atoms with E-state index in [9.17, 15) is 9.90 Å². The van der Waals surface area contributed by atoms with Crippen LogP contribution in [-0.4, -0.2) is 42.5 Å². The summed E-state index contributed by atoms with van der Waals surface area (Å²) >= 11 is 0. The average molecular weight is 227 g/mol. The fourth-order valence-corrected chi connectivity index (χ4v) is 2.72. The van der Waals surface area contributed by atoms with Crippen LogP contribution in [0.4, 0.5) is 0 Å². The lowest BCUT2D eigenvalue weighted by Gasteiger charge is -2.36. The molecule has 1 saturated carbocycles. The van der Waals surface area contributed by atoms with Crippen molar-refractivity contribution < 1.29 is 9.90 Å². The van der Waals surface area contributed by atoms with Crippen molar-refractivity contribution in [1.29, 1.82) is 0 Å². The van der Waals surface area contributed by atoms with Gasteiger partial charge < -0.3 is 14.8 Å². The third-order valence-corrected chi connectivity index (χ3v) is 3.52. The maximum atomic E-state index is 11.1. The van der Waals surface area contributed by atoms with Gasteiger partial charge in [-0.15, -0.1) is 0 Å². The van der Waals surface area contributed by atoms with Gasteiger partial charge in [0, 0.05) is 18.5 Å². The second kappa shape index (κ2) is 5.78. The van der Waals surface area contributed by atoms with Crippen LogP contribution in [0.15, 0.2) is 0 Å². The van der Waals surface area contributed by atoms with Crippen LogP contribution in [0, 0.1) is 11.3 Å². The van der Waals surface area contributed by atoms with Gasteiger partial charge in [-0.3, -0.25) is 0 Å². The Balaban J connectivity index is 2.31. The second-order valence-electron chi connectivity index (χ2n) is 5.71. The van der Waals surface area contributed by atoms with Crippen LogP contribution in [0.2, 0.25) is 0 Å². The molecule has 3 heteroatoms. The Hall–Kier alpha value is -0.410. The number of rotatable bonds is 7. The minimum atomic E-state index is -0.203. The third kappa shape index (κ3) is 3.87. The zero-order valence-electron chi connectivity index (χ0n) is 10.8. The average Bonchev–Trinajstić information content (AvgIpc) is 2.15. The van der Waals surface area contributed by atoms with E-state index < -0.39 is 0 Å². The van der Waals surface area contributed by atoms with Crippen molar-refractivity contribution in [3.8, 4) is 0 Å². The number of hydrogen-bond acceptors (Lipinski definition) is 3. The molecule has 1 unspecified atom stereocenters. The highest BCUT2D eigenvalue weighted by molar-refractivity contribution is 5.58. The van der Waals surface area contributed by atoms with Gasteiger partial charge >= 0.3 is 0 Å². The summed E-state index contributed by atoms with van der Waals surface area (Å²) in [4.78, 5) is 13.3. The molecule has 1 atom stereocenters. The van der Waals surface area contributed by atoms with Crippen molar-refractivity contribution in [3.05, 3.63) is 0 Å². The summed E-state index contributed by atoms with van der Waals surface area (Å²) in [6.45, 7) is 5.99. The van der Waals surface area contributed by atoms with Gasteiger partial charge in [0.05, 0.1) is 6.10 Å². The highest BCUT2D eigenvalue weighted by Gasteiger charge is 2.30. The minimum Gasteiger partial charge on any atom is -0.393 e. The number of carbonyl (C=O) groups is 1. The smallest absolute Gasteiger partial charge is 0.127 e. The van der Waals surface area contributed by atoms with Crippen molar-refractivity contribution in [2.24, 2.45) is 11.3 Å². The van der Waals surface area contributed by atoms with Crippen LogP contribution in [-0.2, 0) is 4.79 Å². The topological polar surface area (TPSA) is 40.5 Å². The SMILES string of the molecule is CCCC(C)(C=O)CN(C)CC1CC(O)C1. The van der Waals surface area contributed by atoms with E-state index in [1.165, 1.54) is 0 Å². The molecule has 1 N–H and O–H groups in total. The Morgan fingerprint density at radius 2 is 2.12 bits per heavy atom. The molecule has 0 aromatic heterocycles. The van der Waals surface area contributed by atoms with Crippen LogP contribution < -0.4 is 0 Å². The molecule has 0 spiro atoms. The molecule has 1 aliphatic carbocycles. The van der Waals surface area contributed by atoms with E-state index in [0.717, 1.165) is 45.1 Å². The van der Waals surface area contributed by atoms with Gasteiger partial charge in [-0.1, -0.05) is 20.3 Å². The second-order valence-corrected chi connectivity index (χ2v) is 5.71. The molecular formula is C13H25NO2. The Morgan fingerprint density at radius 3 is 2.56 bits per heavy atom. The normalized spacial score (nSPS) is 28.6. The Bertz CT molecular complexity index is 226. The molecule has 1 fully saturated rings. The van der Waals surface area contributed by atoms with Gasteiger partial charge in [0.2, 0.25) is 0 Å². The van der Waals surface area contributed by atoms with Gasteiger partial charge in [0.25, 0.3) is 0 Å². The fraction of sp³-hybridized carbons (Fsp3) is 0.923. The van der Waals surface area contributed by atoms with E-state index in [0.29, 0.717) is 5.92 Å². The molecule has 0 aliphatic heterocycles. The van der Waals surface area contributed by atoms with Gasteiger partial charge in [-0.05, 0) is 32.2 Å². The zero-order chi connectivity index (χ0) is 12.2. The predicted octanol–water partition coefficient (Wildman–Crippen LogP) is 1.69. The van der Waals surface area contributed by atoms with Crippen molar-refractivity contribution in [2.45, 2.75) is 45.6 Å². The molecule has 0 amide bonds. The van der Waals surface area contributed by atoms with E-state index in [2.05, 4.69) is 18.9 Å². The lowest BCUT2D eigenvalue weighted by Crippen LogP contribution is -2.41. The lowest BCUT2D eigenvalue weighted by atomic mass is 9.81. The molecule has 94 valence electrons. The van der Waals surface area contributed by atoms with E-state index in [1.54, 1.807) is 0 Å². The summed E-state index contributed by atoms with van der Waals surface area (Å²) in [6, 6.07) is 0. The third-order valence-electron chi connectivity index (χ3n) is 3.52. The number of carbonyl (C=O) groups excluding carboxylic acids is 1. The zero-order valence-corrected chi connectivity index (χ0v) is 10.8. The molecule has 3 nitrogen and oxygen atoms in total. The number of aliphatic hydroxyl groups excluding tert-OH is 1. The molecule has 16 heavy (non-hydrogen) atoms. The van der Waals surface area contributed by atoms with Crippen LogP contribution in [0.25, 0.3) is 0 Å². The van der Waals surface area contributed by atoms with E-state index in [-0.39, 0.29) is 11.5 Å². The van der Waals surface area contributed by atoms with Crippen LogP contribution in [0.3, 0.4) is 0 Å². The molecule has 1 aliphatic rings. The molecule has 0 radical (unpaired) electrons. The molecule has 0 heterocycles. The first-order chi connectivity index (χ1) is 7.49. The Labute approximate surface area is 98.8 Å². The first-order valence-corrected chi connectivity index (χ1v) is 6.32. The Morgan fingerprint density at radius 1 is 1.50 bits per heavy atom. The number of aliphatic hydroxyl groups is 1. The van der Waals surface area contributed by atoms with Gasteiger partial charge in [-0.25, -0.2) is 0 Å². The van der Waals surface area contributed by atoms with E-state index >= 15 is 0 Å². The highest BCUT2D eigenvalue weighted by Crippen LogP contribution is 2.29. The Kier molecular flexibility index (Phi) is 4.93. The summed E-state index contributed by atoms with van der Waals surface area (Å²) in [5.41, 5.74) is -0.203. The molecular weight excluding hydrogens is 202 g/mol. The predicted molar refractivity (Wildman–Crippen MR) is 65.3 cm³/mol. The van der Waals surface area contributed by atoms with Gasteiger partial charge in [0.15, 0.2) is 0 Å². The summed E-state index contributed by atoms with van der Waals surface area (Å²) < 4.78 is 0. The quantitative estimate of drug-likeness (QED) is 0.673. The maximum absolute atomic E-state index is 11.1. The largest absolute Gasteiger partial charge is 0.393 e. The summed E-state index contributed by atoms with van der Waals surface area (Å²) in [7, 11) is 2.07. The minimum absolute atomic E-state index is 0.0773. The summed E-state index contributed by atoms with van der Waals surface area (Å²) in [6.07, 6.45) is 4.87. The molecule has 0 aromatic rings. The lowest BCUT2D eigenvalue weighted by molar-refractivity contribution is -0.116. The molecule has 1 rings (SSSR count). The number of nitrogens with zero attached hydrogens (tertiary/aromatic N) is 1. The standard InChI is InChI=1S/C13H25NO2/c1-4-5-13(2,10-15)9-14(3)8-11-6-12(16)7-11/h10-12,16H,4-9H2,1-3H3. The molecule has 0 bridgehead atoms. The first kappa shape index (κ1) is 13.7. The summed E-state index contributed by atoms with van der Waals surface area (Å²) in [5, 5.41) is 9.22. The van der Waals surface area contributed by atoms with Crippen molar-refractivity contribution in [3.63, 3.8) is 0 Å². The van der Waals surface area contributed by atoms with Gasteiger partial charge in [-0.2, -0.15) is 0 Å².